The molecule has 1 amide bonds. The van der Waals surface area contributed by atoms with Crippen LogP contribution in [0.2, 0.25) is 0 Å². The lowest BCUT2D eigenvalue weighted by Gasteiger charge is -2.18. The molecule has 4 nitrogen and oxygen atoms in total. The van der Waals surface area contributed by atoms with Gasteiger partial charge in [-0.25, -0.2) is 0 Å². The van der Waals surface area contributed by atoms with Gasteiger partial charge in [0.2, 0.25) is 5.91 Å². The maximum atomic E-state index is 11.8. The summed E-state index contributed by atoms with van der Waals surface area (Å²) in [5.41, 5.74) is 1.21. The largest absolute Gasteiger partial charge is 0.492 e. The molecule has 1 saturated carbocycles. The van der Waals surface area contributed by atoms with E-state index in [9.17, 15) is 4.79 Å². The van der Waals surface area contributed by atoms with E-state index in [1.165, 1.54) is 18.4 Å². The predicted molar refractivity (Wildman–Crippen MR) is 87.2 cm³/mol. The first-order valence-corrected chi connectivity index (χ1v) is 7.29. The number of rotatable bonds is 8. The molecule has 1 aromatic carbocycles. The normalized spacial score (nSPS) is 13.4. The number of carbonyl (C=O) groups is 1. The molecule has 2 rings (SSSR count). The van der Waals surface area contributed by atoms with Gasteiger partial charge in [0.15, 0.2) is 0 Å². The van der Waals surface area contributed by atoms with Crippen LogP contribution in [0.4, 0.5) is 0 Å². The SMILES string of the molecule is Cc1ccc(OCCN(C)C(=O)CNCC2CC2)cc1.Cl. The summed E-state index contributed by atoms with van der Waals surface area (Å²) in [7, 11) is 1.82. The minimum Gasteiger partial charge on any atom is -0.492 e. The van der Waals surface area contributed by atoms with Gasteiger partial charge in [-0.3, -0.25) is 4.79 Å². The number of halogens is 1. The van der Waals surface area contributed by atoms with Crippen LogP contribution in [0.25, 0.3) is 0 Å². The molecule has 0 bridgehead atoms. The number of nitrogens with one attached hydrogen (secondary N) is 1. The van der Waals surface area contributed by atoms with Crippen molar-refractivity contribution >= 4 is 18.3 Å². The van der Waals surface area contributed by atoms with Gasteiger partial charge in [0.05, 0.1) is 13.1 Å². The van der Waals surface area contributed by atoms with Crippen molar-refractivity contribution in [3.63, 3.8) is 0 Å². The number of hydrogen-bond donors (Lipinski definition) is 1. The van der Waals surface area contributed by atoms with Crippen LogP contribution < -0.4 is 10.1 Å². The fraction of sp³-hybridized carbons (Fsp3) is 0.562. The number of likely N-dealkylation sites (N-methyl/N-ethyl adjacent to an activating group) is 1. The lowest BCUT2D eigenvalue weighted by molar-refractivity contribution is -0.129. The summed E-state index contributed by atoms with van der Waals surface area (Å²) in [5, 5.41) is 3.21. The number of amides is 1. The van der Waals surface area contributed by atoms with Gasteiger partial charge in [0, 0.05) is 7.05 Å². The molecule has 1 fully saturated rings. The van der Waals surface area contributed by atoms with Gasteiger partial charge in [0.25, 0.3) is 0 Å². The van der Waals surface area contributed by atoms with E-state index in [4.69, 9.17) is 4.74 Å². The molecule has 1 N–H and O–H groups in total. The van der Waals surface area contributed by atoms with E-state index in [2.05, 4.69) is 5.32 Å². The highest BCUT2D eigenvalue weighted by Gasteiger charge is 2.20. The van der Waals surface area contributed by atoms with Crippen molar-refractivity contribution in [1.82, 2.24) is 10.2 Å². The first-order chi connectivity index (χ1) is 9.65. The Hall–Kier alpha value is -1.26. The molecule has 1 aliphatic rings. The number of aryl methyl sites for hydroxylation is 1. The Morgan fingerprint density at radius 3 is 2.62 bits per heavy atom. The number of ether oxygens (including phenoxy) is 1. The number of carbonyl (C=O) groups excluding carboxylic acids is 1. The van der Waals surface area contributed by atoms with Crippen LogP contribution in [-0.2, 0) is 4.79 Å². The van der Waals surface area contributed by atoms with E-state index >= 15 is 0 Å². The van der Waals surface area contributed by atoms with Crippen molar-refractivity contribution in [3.8, 4) is 5.75 Å². The molecule has 0 heterocycles. The molecule has 5 heteroatoms. The molecule has 1 aliphatic carbocycles. The molecule has 0 aliphatic heterocycles. The van der Waals surface area contributed by atoms with Crippen molar-refractivity contribution < 1.29 is 9.53 Å². The predicted octanol–water partition coefficient (Wildman–Crippen LogP) is 2.25. The summed E-state index contributed by atoms with van der Waals surface area (Å²) in [6, 6.07) is 7.95. The Kier molecular flexibility index (Phi) is 7.54. The average Bonchev–Trinajstić information content (AvgIpc) is 3.25. The molecule has 0 aromatic heterocycles. The lowest BCUT2D eigenvalue weighted by Crippen LogP contribution is -2.38. The van der Waals surface area contributed by atoms with Crippen LogP contribution in [0.5, 0.6) is 5.75 Å². The summed E-state index contributed by atoms with van der Waals surface area (Å²) < 4.78 is 5.62. The van der Waals surface area contributed by atoms with Gasteiger partial charge in [-0.1, -0.05) is 17.7 Å². The fourth-order valence-corrected chi connectivity index (χ4v) is 1.90. The smallest absolute Gasteiger partial charge is 0.236 e. The summed E-state index contributed by atoms with van der Waals surface area (Å²) in [6.07, 6.45) is 2.61. The van der Waals surface area contributed by atoms with Crippen LogP contribution >= 0.6 is 12.4 Å². The zero-order valence-corrected chi connectivity index (χ0v) is 13.6. The third kappa shape index (κ3) is 6.82. The van der Waals surface area contributed by atoms with Gasteiger partial charge in [-0.2, -0.15) is 0 Å². The molecule has 0 radical (unpaired) electrons. The van der Waals surface area contributed by atoms with E-state index < -0.39 is 0 Å². The van der Waals surface area contributed by atoms with Crippen molar-refractivity contribution in [3.05, 3.63) is 29.8 Å². The van der Waals surface area contributed by atoms with Crippen LogP contribution in [0, 0.1) is 12.8 Å². The number of benzene rings is 1. The second-order valence-electron chi connectivity index (χ2n) is 5.55. The van der Waals surface area contributed by atoms with Crippen molar-refractivity contribution in [2.24, 2.45) is 5.92 Å². The summed E-state index contributed by atoms with van der Waals surface area (Å²) in [5.74, 6) is 1.78. The second kappa shape index (κ2) is 8.90. The minimum atomic E-state index is 0. The van der Waals surface area contributed by atoms with Gasteiger partial charge in [-0.15, -0.1) is 12.4 Å². The Bertz CT molecular complexity index is 432. The standard InChI is InChI=1S/C16H24N2O2.ClH/c1-13-3-7-15(8-4-13)20-10-9-18(2)16(19)12-17-11-14-5-6-14;/h3-4,7-8,14,17H,5-6,9-12H2,1-2H3;1H. The minimum absolute atomic E-state index is 0. The summed E-state index contributed by atoms with van der Waals surface area (Å²) >= 11 is 0. The van der Waals surface area contributed by atoms with Crippen molar-refractivity contribution in [2.45, 2.75) is 19.8 Å². The molecule has 118 valence electrons. The van der Waals surface area contributed by atoms with Crippen molar-refractivity contribution in [1.29, 1.82) is 0 Å². The molecule has 21 heavy (non-hydrogen) atoms. The van der Waals surface area contributed by atoms with Crippen LogP contribution in [-0.4, -0.2) is 44.1 Å². The molecule has 0 spiro atoms. The van der Waals surface area contributed by atoms with Crippen LogP contribution in [0.15, 0.2) is 24.3 Å². The molecular formula is C16H25ClN2O2. The molecular weight excluding hydrogens is 288 g/mol. The highest BCUT2D eigenvalue weighted by atomic mass is 35.5. The zero-order chi connectivity index (χ0) is 14.4. The molecule has 1 aromatic rings. The lowest BCUT2D eigenvalue weighted by atomic mass is 10.2. The van der Waals surface area contributed by atoms with E-state index in [1.807, 2.05) is 38.2 Å². The second-order valence-corrected chi connectivity index (χ2v) is 5.55. The maximum Gasteiger partial charge on any atom is 0.236 e. The number of nitrogens with zero attached hydrogens (tertiary/aromatic N) is 1. The van der Waals surface area contributed by atoms with Crippen molar-refractivity contribution in [2.75, 3.05) is 33.3 Å². The zero-order valence-electron chi connectivity index (χ0n) is 12.8. The Morgan fingerprint density at radius 2 is 2.00 bits per heavy atom. The highest BCUT2D eigenvalue weighted by Crippen LogP contribution is 2.27. The van der Waals surface area contributed by atoms with E-state index in [0.717, 1.165) is 18.2 Å². The van der Waals surface area contributed by atoms with Gasteiger partial charge < -0.3 is 15.0 Å². The molecule has 0 unspecified atom stereocenters. The Balaban J connectivity index is 0.00000220. The molecule has 0 saturated heterocycles. The van der Waals surface area contributed by atoms with Crippen LogP contribution in [0.3, 0.4) is 0 Å². The average molecular weight is 313 g/mol. The van der Waals surface area contributed by atoms with E-state index in [0.29, 0.717) is 19.7 Å². The summed E-state index contributed by atoms with van der Waals surface area (Å²) in [4.78, 5) is 13.6. The molecule has 0 atom stereocenters. The van der Waals surface area contributed by atoms with Gasteiger partial charge in [-0.05, 0) is 44.4 Å². The third-order valence-corrected chi connectivity index (χ3v) is 3.55. The Morgan fingerprint density at radius 1 is 1.33 bits per heavy atom. The topological polar surface area (TPSA) is 41.6 Å². The maximum absolute atomic E-state index is 11.8. The first-order valence-electron chi connectivity index (χ1n) is 7.29. The van der Waals surface area contributed by atoms with E-state index in [1.54, 1.807) is 4.90 Å². The highest BCUT2D eigenvalue weighted by molar-refractivity contribution is 5.85. The summed E-state index contributed by atoms with van der Waals surface area (Å²) in [6.45, 7) is 4.58. The third-order valence-electron chi connectivity index (χ3n) is 3.55. The van der Waals surface area contributed by atoms with E-state index in [-0.39, 0.29) is 18.3 Å². The Labute approximate surface area is 133 Å². The monoisotopic (exact) mass is 312 g/mol. The van der Waals surface area contributed by atoms with Gasteiger partial charge in [0.1, 0.15) is 12.4 Å². The van der Waals surface area contributed by atoms with Crippen LogP contribution in [0.1, 0.15) is 18.4 Å². The quantitative estimate of drug-likeness (QED) is 0.800. The number of hydrogen-bond acceptors (Lipinski definition) is 3. The van der Waals surface area contributed by atoms with Gasteiger partial charge >= 0.3 is 0 Å². The first kappa shape index (κ1) is 17.8. The fourth-order valence-electron chi connectivity index (χ4n) is 1.90.